The molecule has 0 saturated carbocycles. The van der Waals surface area contributed by atoms with E-state index < -0.39 is 0 Å². The third-order valence-corrected chi connectivity index (χ3v) is 4.23. The van der Waals surface area contributed by atoms with Gasteiger partial charge in [-0.2, -0.15) is 0 Å². The van der Waals surface area contributed by atoms with Crippen molar-refractivity contribution in [3.8, 4) is 0 Å². The van der Waals surface area contributed by atoms with Crippen LogP contribution in [0.15, 0.2) is 15.0 Å². The summed E-state index contributed by atoms with van der Waals surface area (Å²) in [5.74, 6) is 0. The van der Waals surface area contributed by atoms with E-state index in [4.69, 9.17) is 0 Å². The molecule has 0 unspecified atom stereocenters. The van der Waals surface area contributed by atoms with Gasteiger partial charge in [0.05, 0.1) is 20.6 Å². The molecular formula is C11H12Br2N2O2. The first kappa shape index (κ1) is 12.8. The number of benzene rings is 1. The fourth-order valence-electron chi connectivity index (χ4n) is 2.27. The van der Waals surface area contributed by atoms with Gasteiger partial charge in [-0.15, -0.1) is 0 Å². The van der Waals surface area contributed by atoms with Crippen molar-refractivity contribution in [3.05, 3.63) is 30.7 Å². The van der Waals surface area contributed by atoms with Gasteiger partial charge in [0.2, 0.25) is 0 Å². The minimum Gasteiger partial charge on any atom is -0.370 e. The number of nitro benzene ring substituents is 1. The zero-order valence-electron chi connectivity index (χ0n) is 9.37. The van der Waals surface area contributed by atoms with Gasteiger partial charge in [-0.25, -0.2) is 0 Å². The minimum absolute atomic E-state index is 0.162. The third-order valence-electron chi connectivity index (χ3n) is 3.02. The molecule has 0 atom stereocenters. The van der Waals surface area contributed by atoms with E-state index in [1.165, 1.54) is 0 Å². The molecule has 1 saturated heterocycles. The molecule has 4 nitrogen and oxygen atoms in total. The Hall–Kier alpha value is -0.620. The van der Waals surface area contributed by atoms with Gasteiger partial charge in [0.15, 0.2) is 0 Å². The Bertz CT molecular complexity index is 471. The molecule has 92 valence electrons. The minimum atomic E-state index is -0.328. The Kier molecular flexibility index (Phi) is 3.73. The van der Waals surface area contributed by atoms with Gasteiger partial charge in [0, 0.05) is 17.6 Å². The second kappa shape index (κ2) is 4.94. The van der Waals surface area contributed by atoms with Crippen LogP contribution in [0, 0.1) is 17.0 Å². The first-order valence-corrected chi connectivity index (χ1v) is 6.99. The molecule has 0 aromatic heterocycles. The number of halogens is 2. The van der Waals surface area contributed by atoms with E-state index in [2.05, 4.69) is 36.8 Å². The van der Waals surface area contributed by atoms with E-state index in [0.717, 1.165) is 41.7 Å². The second-order valence-electron chi connectivity index (χ2n) is 4.11. The van der Waals surface area contributed by atoms with Gasteiger partial charge >= 0.3 is 0 Å². The van der Waals surface area contributed by atoms with E-state index >= 15 is 0 Å². The van der Waals surface area contributed by atoms with Crippen LogP contribution in [0.1, 0.15) is 18.4 Å². The fourth-order valence-corrected chi connectivity index (χ4v) is 4.03. The highest BCUT2D eigenvalue weighted by atomic mass is 79.9. The van der Waals surface area contributed by atoms with Crippen LogP contribution < -0.4 is 4.90 Å². The van der Waals surface area contributed by atoms with E-state index in [1.807, 2.05) is 0 Å². The molecule has 1 aromatic rings. The van der Waals surface area contributed by atoms with Crippen molar-refractivity contribution >= 4 is 43.2 Å². The predicted molar refractivity (Wildman–Crippen MR) is 74.7 cm³/mol. The van der Waals surface area contributed by atoms with Crippen molar-refractivity contribution < 1.29 is 4.92 Å². The standard InChI is InChI=1S/C11H12Br2N2O2/c1-7-10(14-4-2-3-5-14)8(12)6-9(13)11(7)15(16)17/h6H,2-5H2,1H3. The summed E-state index contributed by atoms with van der Waals surface area (Å²) in [6, 6.07) is 1.76. The molecule has 0 spiro atoms. The van der Waals surface area contributed by atoms with Crippen LogP contribution in [-0.2, 0) is 0 Å². The highest BCUT2D eigenvalue weighted by Crippen LogP contribution is 2.41. The summed E-state index contributed by atoms with van der Waals surface area (Å²) in [6.07, 6.45) is 2.30. The van der Waals surface area contributed by atoms with Crippen molar-refractivity contribution in [3.63, 3.8) is 0 Å². The Morgan fingerprint density at radius 3 is 2.41 bits per heavy atom. The molecule has 6 heteroatoms. The lowest BCUT2D eigenvalue weighted by Gasteiger charge is -2.22. The van der Waals surface area contributed by atoms with Crippen molar-refractivity contribution in [2.75, 3.05) is 18.0 Å². The Morgan fingerprint density at radius 2 is 1.88 bits per heavy atom. The monoisotopic (exact) mass is 362 g/mol. The Balaban J connectivity index is 2.58. The molecule has 0 radical (unpaired) electrons. The number of nitrogens with zero attached hydrogens (tertiary/aromatic N) is 2. The molecule has 17 heavy (non-hydrogen) atoms. The lowest BCUT2D eigenvalue weighted by atomic mass is 10.1. The van der Waals surface area contributed by atoms with Crippen LogP contribution in [0.4, 0.5) is 11.4 Å². The van der Waals surface area contributed by atoms with Gasteiger partial charge in [0.1, 0.15) is 0 Å². The molecular weight excluding hydrogens is 352 g/mol. The largest absolute Gasteiger partial charge is 0.370 e. The maximum absolute atomic E-state index is 11.1. The molecule has 0 bridgehead atoms. The van der Waals surface area contributed by atoms with Gasteiger partial charge in [-0.1, -0.05) is 0 Å². The van der Waals surface area contributed by atoms with Crippen LogP contribution in [0.5, 0.6) is 0 Å². The molecule has 1 fully saturated rings. The zero-order valence-corrected chi connectivity index (χ0v) is 12.5. The summed E-state index contributed by atoms with van der Waals surface area (Å²) >= 11 is 6.75. The van der Waals surface area contributed by atoms with Crippen LogP contribution in [0.25, 0.3) is 0 Å². The van der Waals surface area contributed by atoms with Crippen molar-refractivity contribution in [2.24, 2.45) is 0 Å². The summed E-state index contributed by atoms with van der Waals surface area (Å²) < 4.78 is 1.43. The molecule has 1 aromatic carbocycles. The number of hydrogen-bond donors (Lipinski definition) is 0. The summed E-state index contributed by atoms with van der Waals surface area (Å²) in [7, 11) is 0. The van der Waals surface area contributed by atoms with Gasteiger partial charge in [-0.05, 0) is 57.7 Å². The van der Waals surface area contributed by atoms with Gasteiger partial charge in [0.25, 0.3) is 5.69 Å². The van der Waals surface area contributed by atoms with E-state index in [-0.39, 0.29) is 10.6 Å². The van der Waals surface area contributed by atoms with Crippen molar-refractivity contribution in [1.29, 1.82) is 0 Å². The SMILES string of the molecule is Cc1c(N2CCCC2)c(Br)cc(Br)c1[N+](=O)[O-]. The molecule has 2 rings (SSSR count). The molecule has 0 amide bonds. The van der Waals surface area contributed by atoms with Crippen molar-refractivity contribution in [2.45, 2.75) is 19.8 Å². The van der Waals surface area contributed by atoms with Crippen LogP contribution in [-0.4, -0.2) is 18.0 Å². The smallest absolute Gasteiger partial charge is 0.288 e. The predicted octanol–water partition coefficient (Wildman–Crippen LogP) is 4.03. The fraction of sp³-hybridized carbons (Fsp3) is 0.455. The topological polar surface area (TPSA) is 46.4 Å². The molecule has 0 aliphatic carbocycles. The van der Waals surface area contributed by atoms with E-state index in [1.54, 1.807) is 13.0 Å². The summed E-state index contributed by atoms with van der Waals surface area (Å²) in [5.41, 5.74) is 1.84. The maximum Gasteiger partial charge on any atom is 0.288 e. The Morgan fingerprint density at radius 1 is 1.29 bits per heavy atom. The summed E-state index contributed by atoms with van der Waals surface area (Å²) in [4.78, 5) is 12.9. The van der Waals surface area contributed by atoms with Crippen LogP contribution in [0.2, 0.25) is 0 Å². The highest BCUT2D eigenvalue weighted by molar-refractivity contribution is 9.11. The average molecular weight is 364 g/mol. The lowest BCUT2D eigenvalue weighted by Crippen LogP contribution is -2.19. The summed E-state index contributed by atoms with van der Waals surface area (Å²) in [5, 5.41) is 11.1. The van der Waals surface area contributed by atoms with Crippen molar-refractivity contribution in [1.82, 2.24) is 0 Å². The van der Waals surface area contributed by atoms with Crippen LogP contribution >= 0.6 is 31.9 Å². The molecule has 1 aliphatic rings. The number of rotatable bonds is 2. The third kappa shape index (κ3) is 2.33. The molecule has 1 aliphatic heterocycles. The lowest BCUT2D eigenvalue weighted by molar-refractivity contribution is -0.386. The number of nitro groups is 1. The van der Waals surface area contributed by atoms with Crippen LogP contribution in [0.3, 0.4) is 0 Å². The first-order chi connectivity index (χ1) is 8.02. The average Bonchev–Trinajstić information content (AvgIpc) is 2.69. The number of anilines is 1. The van der Waals surface area contributed by atoms with E-state index in [0.29, 0.717) is 4.47 Å². The van der Waals surface area contributed by atoms with Gasteiger partial charge in [-0.3, -0.25) is 10.1 Å². The molecule has 1 heterocycles. The number of hydrogen-bond acceptors (Lipinski definition) is 3. The highest BCUT2D eigenvalue weighted by Gasteiger charge is 2.25. The second-order valence-corrected chi connectivity index (χ2v) is 5.82. The quantitative estimate of drug-likeness (QED) is 0.588. The normalized spacial score (nSPS) is 15.4. The van der Waals surface area contributed by atoms with Gasteiger partial charge < -0.3 is 4.90 Å². The Labute approximate surface area is 116 Å². The maximum atomic E-state index is 11.1. The first-order valence-electron chi connectivity index (χ1n) is 5.40. The van der Waals surface area contributed by atoms with E-state index in [9.17, 15) is 10.1 Å². The molecule has 0 N–H and O–H groups in total. The summed E-state index contributed by atoms with van der Waals surface area (Å²) in [6.45, 7) is 3.75. The zero-order chi connectivity index (χ0) is 12.6.